The number of thioether (sulfide) groups is 1. The van der Waals surface area contributed by atoms with Crippen molar-refractivity contribution in [2.75, 3.05) is 19.7 Å². The average Bonchev–Trinajstić information content (AvgIpc) is 3.12. The van der Waals surface area contributed by atoms with Gasteiger partial charge in [-0.15, -0.1) is 0 Å². The molecular formula is C14H11FN2O2S. The smallest absolute Gasteiger partial charge is 0.169 e. The molecule has 1 aromatic carbocycles. The minimum atomic E-state index is -0.387. The second-order valence-electron chi connectivity index (χ2n) is 4.64. The van der Waals surface area contributed by atoms with Crippen LogP contribution in [0.4, 0.5) is 4.39 Å². The lowest BCUT2D eigenvalue weighted by Gasteiger charge is -2.17. The largest absolute Gasteiger partial charge is 0.461 e. The van der Waals surface area contributed by atoms with E-state index in [1.165, 1.54) is 24.1 Å². The summed E-state index contributed by atoms with van der Waals surface area (Å²) >= 11 is 1.46. The normalized spacial score (nSPS) is 18.1. The van der Waals surface area contributed by atoms with Crippen molar-refractivity contribution in [2.24, 2.45) is 4.99 Å². The summed E-state index contributed by atoms with van der Waals surface area (Å²) in [4.78, 5) is 7.24. The summed E-state index contributed by atoms with van der Waals surface area (Å²) in [5.74, 6) is -0.387. The van der Waals surface area contributed by atoms with Crippen molar-refractivity contribution in [3.63, 3.8) is 0 Å². The molecule has 0 atom stereocenters. The van der Waals surface area contributed by atoms with Crippen LogP contribution in [0, 0.1) is 5.82 Å². The molecule has 0 spiro atoms. The minimum Gasteiger partial charge on any atom is -0.461 e. The van der Waals surface area contributed by atoms with E-state index in [1.54, 1.807) is 6.07 Å². The van der Waals surface area contributed by atoms with Crippen LogP contribution in [-0.4, -0.2) is 34.9 Å². The lowest BCUT2D eigenvalue weighted by molar-refractivity contribution is 0.339. The van der Waals surface area contributed by atoms with Crippen molar-refractivity contribution in [1.82, 2.24) is 4.90 Å². The fourth-order valence-electron chi connectivity index (χ4n) is 2.63. The number of fused-ring (bicyclic) bond motifs is 2. The highest BCUT2D eigenvalue weighted by molar-refractivity contribution is 8.17. The van der Waals surface area contributed by atoms with E-state index in [0.717, 1.165) is 39.8 Å². The fourth-order valence-corrected chi connectivity index (χ4v) is 3.69. The monoisotopic (exact) mass is 290 g/mol. The highest BCUT2D eigenvalue weighted by Crippen LogP contribution is 2.42. The molecule has 102 valence electrons. The number of nitrogens with zero attached hydrogens (tertiary/aromatic N) is 2. The first-order valence-electron chi connectivity index (χ1n) is 6.29. The van der Waals surface area contributed by atoms with Gasteiger partial charge < -0.3 is 14.4 Å². The molecule has 0 radical (unpaired) electrons. The Labute approximate surface area is 118 Å². The maximum atomic E-state index is 14.1. The van der Waals surface area contributed by atoms with E-state index in [1.807, 2.05) is 11.0 Å². The Hall–Kier alpha value is -1.79. The van der Waals surface area contributed by atoms with Crippen LogP contribution in [0.3, 0.4) is 0 Å². The van der Waals surface area contributed by atoms with Crippen LogP contribution in [0.2, 0.25) is 0 Å². The number of hydrogen-bond acceptors (Lipinski definition) is 5. The van der Waals surface area contributed by atoms with Crippen LogP contribution < -0.4 is 0 Å². The fraction of sp³-hybridized carbons (Fsp3) is 0.214. The van der Waals surface area contributed by atoms with Crippen molar-refractivity contribution in [3.05, 3.63) is 40.7 Å². The van der Waals surface area contributed by atoms with E-state index in [9.17, 15) is 9.50 Å². The number of rotatable bonds is 2. The maximum Gasteiger partial charge on any atom is 0.169 e. The van der Waals surface area contributed by atoms with Gasteiger partial charge in [-0.2, -0.15) is 0 Å². The molecular weight excluding hydrogens is 279 g/mol. The van der Waals surface area contributed by atoms with Crippen molar-refractivity contribution in [2.45, 2.75) is 0 Å². The molecule has 1 N–H and O–H groups in total. The van der Waals surface area contributed by atoms with E-state index in [4.69, 9.17) is 4.42 Å². The molecule has 0 aliphatic carbocycles. The number of benzene rings is 1. The molecule has 3 heterocycles. The van der Waals surface area contributed by atoms with E-state index in [-0.39, 0.29) is 18.0 Å². The molecule has 20 heavy (non-hydrogen) atoms. The van der Waals surface area contributed by atoms with E-state index in [2.05, 4.69) is 4.99 Å². The zero-order valence-corrected chi connectivity index (χ0v) is 11.3. The summed E-state index contributed by atoms with van der Waals surface area (Å²) in [5.41, 5.74) is 1.87. The number of hydrogen-bond donors (Lipinski definition) is 1. The van der Waals surface area contributed by atoms with E-state index >= 15 is 0 Å². The van der Waals surface area contributed by atoms with Crippen LogP contribution in [0.1, 0.15) is 5.56 Å². The number of aliphatic hydroxyl groups is 1. The number of furan rings is 1. The number of halogens is 1. The van der Waals surface area contributed by atoms with Gasteiger partial charge in [0.2, 0.25) is 0 Å². The van der Waals surface area contributed by atoms with Crippen LogP contribution in [-0.2, 0) is 0 Å². The summed E-state index contributed by atoms with van der Waals surface area (Å²) in [6.45, 7) is 1.44. The average molecular weight is 290 g/mol. The van der Waals surface area contributed by atoms with Gasteiger partial charge in [0.25, 0.3) is 0 Å². The zero-order valence-electron chi connectivity index (χ0n) is 10.5. The van der Waals surface area contributed by atoms with Crippen LogP contribution in [0.15, 0.2) is 38.8 Å². The van der Waals surface area contributed by atoms with Gasteiger partial charge in [0, 0.05) is 22.4 Å². The molecule has 0 bridgehead atoms. The van der Waals surface area contributed by atoms with Gasteiger partial charge in [-0.1, -0.05) is 11.8 Å². The first-order chi connectivity index (χ1) is 9.78. The van der Waals surface area contributed by atoms with Crippen LogP contribution in [0.5, 0.6) is 0 Å². The van der Waals surface area contributed by atoms with Crippen molar-refractivity contribution >= 4 is 33.6 Å². The van der Waals surface area contributed by atoms with Crippen molar-refractivity contribution in [1.29, 1.82) is 0 Å². The summed E-state index contributed by atoms with van der Waals surface area (Å²) in [6, 6.07) is 5.08. The molecule has 4 nitrogen and oxygen atoms in total. The Bertz CT molecular complexity index is 766. The van der Waals surface area contributed by atoms with Gasteiger partial charge in [0.05, 0.1) is 25.1 Å². The van der Waals surface area contributed by atoms with E-state index < -0.39 is 0 Å². The Morgan fingerprint density at radius 1 is 1.45 bits per heavy atom. The third kappa shape index (κ3) is 1.61. The maximum absolute atomic E-state index is 14.1. The number of amidine groups is 1. The summed E-state index contributed by atoms with van der Waals surface area (Å²) in [5, 5.41) is 11.1. The third-order valence-electron chi connectivity index (χ3n) is 3.47. The predicted octanol–water partition coefficient (Wildman–Crippen LogP) is 2.65. The second-order valence-corrected chi connectivity index (χ2v) is 5.71. The molecule has 2 aliphatic heterocycles. The molecule has 0 unspecified atom stereocenters. The lowest BCUT2D eigenvalue weighted by atomic mass is 10.1. The van der Waals surface area contributed by atoms with Gasteiger partial charge in [0.15, 0.2) is 16.6 Å². The lowest BCUT2D eigenvalue weighted by Crippen LogP contribution is -2.20. The molecule has 0 fully saturated rings. The first kappa shape index (κ1) is 12.0. The van der Waals surface area contributed by atoms with Gasteiger partial charge in [-0.3, -0.25) is 4.99 Å². The molecule has 0 saturated carbocycles. The highest BCUT2D eigenvalue weighted by Gasteiger charge is 2.33. The Kier molecular flexibility index (Phi) is 2.61. The molecule has 2 aliphatic rings. The van der Waals surface area contributed by atoms with Gasteiger partial charge in [0.1, 0.15) is 0 Å². The van der Waals surface area contributed by atoms with Gasteiger partial charge >= 0.3 is 0 Å². The minimum absolute atomic E-state index is 0.0689. The SMILES string of the molecule is OCC1=C(c2cc(F)c3occc3c2)N2CCN=C2S1. The van der Waals surface area contributed by atoms with Gasteiger partial charge in [-0.05, 0) is 18.2 Å². The van der Waals surface area contributed by atoms with Gasteiger partial charge in [-0.25, -0.2) is 4.39 Å². The number of aliphatic hydroxyl groups excluding tert-OH is 1. The molecule has 1 aromatic heterocycles. The highest BCUT2D eigenvalue weighted by atomic mass is 32.2. The van der Waals surface area contributed by atoms with E-state index in [0.29, 0.717) is 0 Å². The standard InChI is InChI=1S/C14H11FN2O2S/c15-10-6-9(5-8-1-4-19-13(8)10)12-11(7-18)20-14-16-2-3-17(12)14/h1,4-6,18H,2-3,7H2. The van der Waals surface area contributed by atoms with Crippen molar-refractivity contribution < 1.29 is 13.9 Å². The summed E-state index contributed by atoms with van der Waals surface area (Å²) in [7, 11) is 0. The molecule has 4 rings (SSSR count). The first-order valence-corrected chi connectivity index (χ1v) is 7.10. The molecule has 0 amide bonds. The van der Waals surface area contributed by atoms with Crippen LogP contribution >= 0.6 is 11.8 Å². The molecule has 0 saturated heterocycles. The third-order valence-corrected chi connectivity index (χ3v) is 4.57. The predicted molar refractivity (Wildman–Crippen MR) is 76.8 cm³/mol. The Morgan fingerprint density at radius 2 is 2.35 bits per heavy atom. The van der Waals surface area contributed by atoms with Crippen LogP contribution in [0.25, 0.3) is 16.7 Å². The Balaban J connectivity index is 1.90. The molecule has 6 heteroatoms. The summed E-state index contributed by atoms with van der Waals surface area (Å²) in [6.07, 6.45) is 1.48. The quantitative estimate of drug-likeness (QED) is 0.923. The zero-order chi connectivity index (χ0) is 13.7. The second kappa shape index (κ2) is 4.36. The number of aliphatic imine (C=N–C) groups is 1. The molecule has 2 aromatic rings. The summed E-state index contributed by atoms with van der Waals surface area (Å²) < 4.78 is 19.2. The topological polar surface area (TPSA) is 49.0 Å². The Morgan fingerprint density at radius 3 is 3.20 bits per heavy atom. The van der Waals surface area contributed by atoms with Crippen molar-refractivity contribution in [3.8, 4) is 0 Å².